The van der Waals surface area contributed by atoms with E-state index in [1.54, 1.807) is 6.07 Å². The summed E-state index contributed by atoms with van der Waals surface area (Å²) < 4.78 is 0. The largest absolute Gasteiger partial charge is 0.324 e. The summed E-state index contributed by atoms with van der Waals surface area (Å²) in [7, 11) is 0. The van der Waals surface area contributed by atoms with Crippen molar-refractivity contribution in [3.05, 3.63) is 47.5 Å². The van der Waals surface area contributed by atoms with Gasteiger partial charge in [0.25, 0.3) is 0 Å². The first-order chi connectivity index (χ1) is 6.69. The van der Waals surface area contributed by atoms with Crippen LogP contribution in [0.3, 0.4) is 0 Å². The van der Waals surface area contributed by atoms with Crippen molar-refractivity contribution in [3.63, 3.8) is 0 Å². The van der Waals surface area contributed by atoms with Crippen LogP contribution in [-0.2, 0) is 0 Å². The Balaban J connectivity index is 3.00. The van der Waals surface area contributed by atoms with Crippen LogP contribution in [0.25, 0.3) is 0 Å². The molecule has 0 saturated heterocycles. The molecule has 0 fully saturated rings. The highest BCUT2D eigenvalue weighted by atomic mass is 14.6. The molecule has 0 aliphatic heterocycles. The van der Waals surface area contributed by atoms with Crippen molar-refractivity contribution in [1.29, 1.82) is 5.26 Å². The van der Waals surface area contributed by atoms with Crippen molar-refractivity contribution in [2.75, 3.05) is 0 Å². The van der Waals surface area contributed by atoms with Crippen LogP contribution in [0, 0.1) is 18.3 Å². The normalized spacial score (nSPS) is 11.8. The number of rotatable bonds is 3. The molecule has 0 radical (unpaired) electrons. The highest BCUT2D eigenvalue weighted by Gasteiger charge is 2.07. The van der Waals surface area contributed by atoms with E-state index >= 15 is 0 Å². The van der Waals surface area contributed by atoms with E-state index in [9.17, 15) is 0 Å². The van der Waals surface area contributed by atoms with Gasteiger partial charge in [0.05, 0.1) is 11.6 Å². The maximum absolute atomic E-state index is 8.70. The van der Waals surface area contributed by atoms with Gasteiger partial charge in [0.15, 0.2) is 0 Å². The molecule has 0 aliphatic rings. The van der Waals surface area contributed by atoms with Crippen LogP contribution in [0.5, 0.6) is 0 Å². The summed E-state index contributed by atoms with van der Waals surface area (Å²) in [5, 5.41) is 8.70. The van der Waals surface area contributed by atoms with Crippen LogP contribution in [-0.4, -0.2) is 0 Å². The molecular weight excluding hydrogens is 172 g/mol. The summed E-state index contributed by atoms with van der Waals surface area (Å²) in [6.07, 6.45) is 2.56. The van der Waals surface area contributed by atoms with Crippen LogP contribution in [0.1, 0.15) is 29.2 Å². The Hall–Kier alpha value is -1.59. The Morgan fingerprint density at radius 3 is 2.86 bits per heavy atom. The van der Waals surface area contributed by atoms with Crippen molar-refractivity contribution >= 4 is 0 Å². The Morgan fingerprint density at radius 1 is 1.64 bits per heavy atom. The van der Waals surface area contributed by atoms with Gasteiger partial charge < -0.3 is 5.73 Å². The third-order valence-electron chi connectivity index (χ3n) is 2.22. The first-order valence-electron chi connectivity index (χ1n) is 4.56. The minimum Gasteiger partial charge on any atom is -0.324 e. The molecule has 0 bridgehead atoms. The molecule has 1 aromatic carbocycles. The molecule has 0 aliphatic carbocycles. The van der Waals surface area contributed by atoms with E-state index in [1.807, 2.05) is 25.1 Å². The molecule has 0 saturated carbocycles. The van der Waals surface area contributed by atoms with Crippen LogP contribution in [0.15, 0.2) is 30.9 Å². The maximum atomic E-state index is 8.70. The second-order valence-corrected chi connectivity index (χ2v) is 3.31. The summed E-state index contributed by atoms with van der Waals surface area (Å²) in [4.78, 5) is 0. The van der Waals surface area contributed by atoms with Gasteiger partial charge in [-0.3, -0.25) is 0 Å². The van der Waals surface area contributed by atoms with E-state index in [-0.39, 0.29) is 6.04 Å². The summed E-state index contributed by atoms with van der Waals surface area (Å²) in [5.41, 5.74) is 8.78. The quantitative estimate of drug-likeness (QED) is 0.737. The second kappa shape index (κ2) is 4.59. The maximum Gasteiger partial charge on any atom is 0.0991 e. The van der Waals surface area contributed by atoms with Crippen LogP contribution in [0.2, 0.25) is 0 Å². The highest BCUT2D eigenvalue weighted by Crippen LogP contribution is 2.19. The number of nitriles is 1. The molecule has 0 heterocycles. The summed E-state index contributed by atoms with van der Waals surface area (Å²) in [6.45, 7) is 5.63. The Morgan fingerprint density at radius 2 is 2.36 bits per heavy atom. The highest BCUT2D eigenvalue weighted by molar-refractivity contribution is 5.38. The predicted octanol–water partition coefficient (Wildman–Crippen LogP) is 2.44. The van der Waals surface area contributed by atoms with Gasteiger partial charge in [0.2, 0.25) is 0 Å². The SMILES string of the molecule is C=CCC(N)c1ccc(C#N)cc1C. The molecular formula is C12H14N2. The average molecular weight is 186 g/mol. The van der Waals surface area contributed by atoms with Gasteiger partial charge in [0.1, 0.15) is 0 Å². The number of nitrogens with zero attached hydrogens (tertiary/aromatic N) is 1. The molecule has 1 unspecified atom stereocenters. The molecule has 1 aromatic rings. The topological polar surface area (TPSA) is 49.8 Å². The number of benzene rings is 1. The number of hydrogen-bond acceptors (Lipinski definition) is 2. The smallest absolute Gasteiger partial charge is 0.0991 e. The Bertz CT molecular complexity index is 374. The van der Waals surface area contributed by atoms with E-state index in [0.29, 0.717) is 5.56 Å². The van der Waals surface area contributed by atoms with E-state index in [1.165, 1.54) is 0 Å². The van der Waals surface area contributed by atoms with E-state index in [4.69, 9.17) is 11.0 Å². The minimum absolute atomic E-state index is 0.0137. The van der Waals surface area contributed by atoms with E-state index < -0.39 is 0 Å². The van der Waals surface area contributed by atoms with E-state index in [0.717, 1.165) is 17.5 Å². The second-order valence-electron chi connectivity index (χ2n) is 3.31. The van der Waals surface area contributed by atoms with Gasteiger partial charge in [-0.1, -0.05) is 12.1 Å². The standard InChI is InChI=1S/C12H14N2/c1-3-4-12(14)11-6-5-10(8-13)7-9(11)2/h3,5-7,12H,1,4,14H2,2H3. The fourth-order valence-corrected chi connectivity index (χ4v) is 1.47. The Kier molecular flexibility index (Phi) is 3.44. The van der Waals surface area contributed by atoms with Gasteiger partial charge in [0, 0.05) is 6.04 Å². The lowest BCUT2D eigenvalue weighted by atomic mass is 9.98. The van der Waals surface area contributed by atoms with Crippen molar-refractivity contribution in [2.24, 2.45) is 5.73 Å². The Labute approximate surface area is 84.7 Å². The predicted molar refractivity (Wildman–Crippen MR) is 57.6 cm³/mol. The summed E-state index contributed by atoms with van der Waals surface area (Å²) in [5.74, 6) is 0. The van der Waals surface area contributed by atoms with Gasteiger partial charge >= 0.3 is 0 Å². The monoisotopic (exact) mass is 186 g/mol. The van der Waals surface area contributed by atoms with Gasteiger partial charge in [-0.15, -0.1) is 6.58 Å². The average Bonchev–Trinajstić information content (AvgIpc) is 2.17. The van der Waals surface area contributed by atoms with Gasteiger partial charge in [-0.25, -0.2) is 0 Å². The third kappa shape index (κ3) is 2.21. The molecule has 0 amide bonds. The molecule has 1 atom stereocenters. The van der Waals surface area contributed by atoms with Crippen molar-refractivity contribution in [1.82, 2.24) is 0 Å². The summed E-state index contributed by atoms with van der Waals surface area (Å²) in [6, 6.07) is 7.67. The fraction of sp³-hybridized carbons (Fsp3) is 0.250. The fourth-order valence-electron chi connectivity index (χ4n) is 1.47. The number of hydrogen-bond donors (Lipinski definition) is 1. The number of nitrogens with two attached hydrogens (primary N) is 1. The van der Waals surface area contributed by atoms with Crippen molar-refractivity contribution < 1.29 is 0 Å². The molecule has 2 heteroatoms. The van der Waals surface area contributed by atoms with Crippen LogP contribution < -0.4 is 5.73 Å². The lowest BCUT2D eigenvalue weighted by Crippen LogP contribution is -2.10. The minimum atomic E-state index is -0.0137. The lowest BCUT2D eigenvalue weighted by Gasteiger charge is -2.12. The molecule has 72 valence electrons. The molecule has 0 aromatic heterocycles. The number of aryl methyl sites for hydroxylation is 1. The molecule has 1 rings (SSSR count). The first kappa shape index (κ1) is 10.5. The summed E-state index contributed by atoms with van der Waals surface area (Å²) >= 11 is 0. The van der Waals surface area contributed by atoms with Crippen molar-refractivity contribution in [3.8, 4) is 6.07 Å². The van der Waals surface area contributed by atoms with Crippen molar-refractivity contribution in [2.45, 2.75) is 19.4 Å². The van der Waals surface area contributed by atoms with E-state index in [2.05, 4.69) is 12.6 Å². The molecule has 2 nitrogen and oxygen atoms in total. The zero-order valence-corrected chi connectivity index (χ0v) is 8.33. The molecule has 2 N–H and O–H groups in total. The molecule has 14 heavy (non-hydrogen) atoms. The lowest BCUT2D eigenvalue weighted by molar-refractivity contribution is 0.736. The first-order valence-corrected chi connectivity index (χ1v) is 4.56. The zero-order chi connectivity index (χ0) is 10.6. The molecule has 0 spiro atoms. The van der Waals surface area contributed by atoms with Gasteiger partial charge in [-0.2, -0.15) is 5.26 Å². The van der Waals surface area contributed by atoms with Crippen LogP contribution in [0.4, 0.5) is 0 Å². The van der Waals surface area contributed by atoms with Gasteiger partial charge in [-0.05, 0) is 36.6 Å². The van der Waals surface area contributed by atoms with Crippen LogP contribution >= 0.6 is 0 Å². The zero-order valence-electron chi connectivity index (χ0n) is 8.33. The third-order valence-corrected chi connectivity index (χ3v) is 2.22.